The van der Waals surface area contributed by atoms with Crippen LogP contribution in [0.25, 0.3) is 0 Å². The summed E-state index contributed by atoms with van der Waals surface area (Å²) in [6.45, 7) is 1.15. The average molecular weight is 167 g/mol. The Morgan fingerprint density at radius 2 is 2.00 bits per heavy atom. The van der Waals surface area contributed by atoms with Gasteiger partial charge in [0.05, 0.1) is 11.9 Å². The molecular weight excluding hydrogens is 154 g/mol. The third-order valence-corrected chi connectivity index (χ3v) is 2.99. The first-order chi connectivity index (χ1) is 4.39. The summed E-state index contributed by atoms with van der Waals surface area (Å²) in [5, 5.41) is 7.75. The van der Waals surface area contributed by atoms with Gasteiger partial charge in [-0.15, -0.1) is 0 Å². The summed E-state index contributed by atoms with van der Waals surface area (Å²) in [5.41, 5.74) is 5.29. The fourth-order valence-electron chi connectivity index (χ4n) is 0.692. The Labute approximate surface area is 61.0 Å². The van der Waals surface area contributed by atoms with E-state index >= 15 is 0 Å². The fourth-order valence-corrected chi connectivity index (χ4v) is 1.74. The van der Waals surface area contributed by atoms with Crippen LogP contribution in [-0.4, -0.2) is 37.7 Å². The molecule has 62 valence electrons. The summed E-state index contributed by atoms with van der Waals surface area (Å²) < 4.78 is 21.5. The Morgan fingerprint density at radius 3 is 2.00 bits per heavy atom. The van der Waals surface area contributed by atoms with Gasteiger partial charge in [0.15, 0.2) is 9.84 Å². The molecule has 0 spiro atoms. The van der Waals surface area contributed by atoms with Crippen molar-refractivity contribution in [3.63, 3.8) is 0 Å². The maximum atomic E-state index is 10.8. The van der Waals surface area contributed by atoms with Gasteiger partial charge in [0.2, 0.25) is 0 Å². The average Bonchev–Trinajstić information content (AvgIpc) is 1.60. The first-order valence-corrected chi connectivity index (χ1v) is 4.90. The van der Waals surface area contributed by atoms with Crippen LogP contribution in [0.5, 0.6) is 0 Å². The van der Waals surface area contributed by atoms with Gasteiger partial charge >= 0.3 is 0 Å². The molecule has 0 amide bonds. The van der Waals surface area contributed by atoms with Crippen molar-refractivity contribution in [3.8, 4) is 0 Å². The number of hydrogen-bond donors (Lipinski definition) is 2. The largest absolute Gasteiger partial charge is 0.395 e. The van der Waals surface area contributed by atoms with Crippen LogP contribution in [0, 0.1) is 0 Å². The normalized spacial score (nSPS) is 18.4. The molecule has 0 bridgehead atoms. The molecule has 0 rings (SSSR count). The zero-order valence-corrected chi connectivity index (χ0v) is 6.93. The van der Waals surface area contributed by atoms with Crippen LogP contribution in [-0.2, 0) is 9.84 Å². The number of nitrogens with two attached hydrogens (primary N) is 1. The molecule has 0 aliphatic heterocycles. The van der Waals surface area contributed by atoms with Gasteiger partial charge in [-0.25, -0.2) is 8.42 Å². The van der Waals surface area contributed by atoms with Crippen LogP contribution < -0.4 is 5.73 Å². The predicted octanol–water partition coefficient (Wildman–Crippen LogP) is -1.26. The van der Waals surface area contributed by atoms with E-state index in [9.17, 15) is 8.42 Å². The fraction of sp³-hybridized carbons (Fsp3) is 1.00. The van der Waals surface area contributed by atoms with E-state index in [1.54, 1.807) is 6.92 Å². The molecule has 0 saturated carbocycles. The summed E-state index contributed by atoms with van der Waals surface area (Å²) >= 11 is 0. The van der Waals surface area contributed by atoms with Crippen LogP contribution in [0.15, 0.2) is 0 Å². The second-order valence-electron chi connectivity index (χ2n) is 2.41. The van der Waals surface area contributed by atoms with E-state index in [1.807, 2.05) is 0 Å². The highest BCUT2D eigenvalue weighted by molar-refractivity contribution is 7.91. The van der Waals surface area contributed by atoms with Crippen LogP contribution in [0.4, 0.5) is 0 Å². The van der Waals surface area contributed by atoms with Crippen LogP contribution >= 0.6 is 0 Å². The van der Waals surface area contributed by atoms with Crippen molar-refractivity contribution in [2.24, 2.45) is 5.73 Å². The molecule has 0 saturated heterocycles. The molecule has 5 heteroatoms. The third kappa shape index (κ3) is 2.64. The minimum absolute atomic E-state index is 0.406. The zero-order chi connectivity index (χ0) is 8.36. The molecule has 0 aromatic rings. The first-order valence-electron chi connectivity index (χ1n) is 2.95. The second kappa shape index (κ2) is 3.32. The molecule has 2 atom stereocenters. The second-order valence-corrected chi connectivity index (χ2v) is 4.67. The number of sulfone groups is 1. The van der Waals surface area contributed by atoms with E-state index in [4.69, 9.17) is 10.8 Å². The van der Waals surface area contributed by atoms with Crippen molar-refractivity contribution in [1.82, 2.24) is 0 Å². The lowest BCUT2D eigenvalue weighted by Crippen LogP contribution is -2.40. The lowest BCUT2D eigenvalue weighted by molar-refractivity contribution is 0.280. The van der Waals surface area contributed by atoms with Crippen molar-refractivity contribution >= 4 is 9.84 Å². The van der Waals surface area contributed by atoms with Gasteiger partial charge in [0.25, 0.3) is 0 Å². The highest BCUT2D eigenvalue weighted by Crippen LogP contribution is 2.01. The Balaban J connectivity index is 4.38. The molecule has 0 unspecified atom stereocenters. The summed E-state index contributed by atoms with van der Waals surface area (Å²) in [6.07, 6.45) is 1.07. The minimum Gasteiger partial charge on any atom is -0.395 e. The van der Waals surface area contributed by atoms with Crippen molar-refractivity contribution in [1.29, 1.82) is 0 Å². The molecule has 0 aliphatic rings. The van der Waals surface area contributed by atoms with Crippen LogP contribution in [0.3, 0.4) is 0 Å². The van der Waals surface area contributed by atoms with Crippen molar-refractivity contribution in [2.75, 3.05) is 12.9 Å². The molecular formula is C5H13NO3S. The van der Waals surface area contributed by atoms with E-state index in [-0.39, 0.29) is 0 Å². The molecule has 4 nitrogen and oxygen atoms in total. The highest BCUT2D eigenvalue weighted by atomic mass is 32.2. The van der Waals surface area contributed by atoms with Gasteiger partial charge in [-0.2, -0.15) is 0 Å². The molecule has 0 fully saturated rings. The van der Waals surface area contributed by atoms with E-state index in [2.05, 4.69) is 0 Å². The van der Waals surface area contributed by atoms with Crippen molar-refractivity contribution in [2.45, 2.75) is 18.2 Å². The highest BCUT2D eigenvalue weighted by Gasteiger charge is 2.23. The van der Waals surface area contributed by atoms with Gasteiger partial charge in [-0.3, -0.25) is 0 Å². The quantitative estimate of drug-likeness (QED) is 0.549. The summed E-state index contributed by atoms with van der Waals surface area (Å²) in [4.78, 5) is 0. The number of aliphatic hydroxyl groups is 1. The molecule has 3 N–H and O–H groups in total. The van der Waals surface area contributed by atoms with Gasteiger partial charge in [0, 0.05) is 12.3 Å². The number of hydrogen-bond acceptors (Lipinski definition) is 4. The Hall–Kier alpha value is -0.130. The standard InChI is InChI=1S/C5H13NO3S/c1-4(6)5(3-7)10(2,8)9/h4-5,7H,3,6H2,1-2H3/t4-,5+/m0/s1. The van der Waals surface area contributed by atoms with Crippen molar-refractivity contribution in [3.05, 3.63) is 0 Å². The molecule has 0 aliphatic carbocycles. The van der Waals surface area contributed by atoms with Crippen LogP contribution in [0.2, 0.25) is 0 Å². The summed E-state index contributed by atoms with van der Waals surface area (Å²) in [6, 6.07) is -0.514. The van der Waals surface area contributed by atoms with Crippen LogP contribution in [0.1, 0.15) is 6.92 Å². The summed E-state index contributed by atoms with van der Waals surface area (Å²) in [5.74, 6) is 0. The molecule has 0 radical (unpaired) electrons. The number of rotatable bonds is 3. The predicted molar refractivity (Wildman–Crippen MR) is 39.4 cm³/mol. The monoisotopic (exact) mass is 167 g/mol. The smallest absolute Gasteiger partial charge is 0.154 e. The third-order valence-electron chi connectivity index (χ3n) is 1.32. The van der Waals surface area contributed by atoms with E-state index in [0.717, 1.165) is 6.26 Å². The van der Waals surface area contributed by atoms with Gasteiger partial charge in [-0.1, -0.05) is 0 Å². The Kier molecular flexibility index (Phi) is 3.27. The SMILES string of the molecule is C[C@H](N)[C@@H](CO)S(C)(=O)=O. The lowest BCUT2D eigenvalue weighted by Gasteiger charge is -2.14. The topological polar surface area (TPSA) is 80.4 Å². The Morgan fingerprint density at radius 1 is 1.60 bits per heavy atom. The molecule has 0 aromatic heterocycles. The number of aliphatic hydroxyl groups excluding tert-OH is 1. The Bertz CT molecular complexity index is 185. The minimum atomic E-state index is -3.19. The summed E-state index contributed by atoms with van der Waals surface area (Å²) in [7, 11) is -3.19. The van der Waals surface area contributed by atoms with E-state index in [1.165, 1.54) is 0 Å². The van der Waals surface area contributed by atoms with E-state index < -0.39 is 27.7 Å². The van der Waals surface area contributed by atoms with Crippen molar-refractivity contribution < 1.29 is 13.5 Å². The molecule has 10 heavy (non-hydrogen) atoms. The van der Waals surface area contributed by atoms with Gasteiger partial charge < -0.3 is 10.8 Å². The molecule has 0 heterocycles. The van der Waals surface area contributed by atoms with Gasteiger partial charge in [0.1, 0.15) is 0 Å². The maximum Gasteiger partial charge on any atom is 0.154 e. The lowest BCUT2D eigenvalue weighted by atomic mass is 10.3. The maximum absolute atomic E-state index is 10.8. The zero-order valence-electron chi connectivity index (χ0n) is 6.11. The van der Waals surface area contributed by atoms with E-state index in [0.29, 0.717) is 0 Å². The first kappa shape index (κ1) is 9.87. The van der Waals surface area contributed by atoms with Gasteiger partial charge in [-0.05, 0) is 6.92 Å². The molecule has 0 aromatic carbocycles.